The predicted molar refractivity (Wildman–Crippen MR) is 95.0 cm³/mol. The van der Waals surface area contributed by atoms with Gasteiger partial charge in [0.15, 0.2) is 6.10 Å². The van der Waals surface area contributed by atoms with Gasteiger partial charge in [-0.15, -0.1) is 0 Å². The molecule has 0 aliphatic heterocycles. The van der Waals surface area contributed by atoms with Crippen molar-refractivity contribution < 1.29 is 18.7 Å². The predicted octanol–water partition coefficient (Wildman–Crippen LogP) is 3.86. The van der Waals surface area contributed by atoms with Crippen LogP contribution >= 0.6 is 0 Å². The number of aryl methyl sites for hydroxylation is 1. The van der Waals surface area contributed by atoms with Gasteiger partial charge in [-0.3, -0.25) is 9.78 Å². The molecule has 1 amide bonds. The van der Waals surface area contributed by atoms with Crippen molar-refractivity contribution in [2.45, 2.75) is 26.4 Å². The average molecular weight is 357 g/mol. The second-order valence-electron chi connectivity index (χ2n) is 6.02. The van der Waals surface area contributed by atoms with E-state index < -0.39 is 12.5 Å². The summed E-state index contributed by atoms with van der Waals surface area (Å²) in [6.07, 6.45) is -1.63. The first-order chi connectivity index (χ1) is 12.3. The maximum Gasteiger partial charge on any atom is 0.269 e. The van der Waals surface area contributed by atoms with Crippen LogP contribution in [0.5, 0.6) is 0 Å². The molecular weight excluding hydrogens is 340 g/mol. The lowest BCUT2D eigenvalue weighted by Gasteiger charge is -2.12. The van der Waals surface area contributed by atoms with Crippen LogP contribution in [0, 0.1) is 6.92 Å². The number of halogens is 2. The van der Waals surface area contributed by atoms with Crippen LogP contribution in [0.2, 0.25) is 0 Å². The first-order valence-corrected chi connectivity index (χ1v) is 7.95. The number of carbonyl (C=O) groups is 1. The Morgan fingerprint density at radius 2 is 1.88 bits per heavy atom. The summed E-state index contributed by atoms with van der Waals surface area (Å²) < 4.78 is 25.3. The van der Waals surface area contributed by atoms with Gasteiger partial charge in [0.1, 0.15) is 5.82 Å². The molecule has 5 nitrogen and oxygen atoms in total. The molecule has 0 fully saturated rings. The van der Waals surface area contributed by atoms with E-state index in [2.05, 4.69) is 15.3 Å². The molecule has 0 spiro atoms. The third kappa shape index (κ3) is 3.67. The van der Waals surface area contributed by atoms with Crippen molar-refractivity contribution in [3.8, 4) is 11.1 Å². The number of nitrogens with zero attached hydrogens (tertiary/aromatic N) is 2. The van der Waals surface area contributed by atoms with Crippen molar-refractivity contribution in [2.24, 2.45) is 0 Å². The SMILES string of the molecule is CC(=O)Nc1cc2ccc(-c3cnc(C(O)C(F)F)cc3C)cc2cn1. The number of nitrogens with one attached hydrogen (secondary N) is 1. The van der Waals surface area contributed by atoms with Gasteiger partial charge in [0, 0.05) is 30.3 Å². The van der Waals surface area contributed by atoms with Crippen LogP contribution in [0.3, 0.4) is 0 Å². The molecule has 26 heavy (non-hydrogen) atoms. The zero-order chi connectivity index (χ0) is 18.8. The van der Waals surface area contributed by atoms with Crippen LogP contribution in [-0.2, 0) is 4.79 Å². The minimum Gasteiger partial charge on any atom is -0.381 e. The molecule has 134 valence electrons. The van der Waals surface area contributed by atoms with Gasteiger partial charge in [-0.1, -0.05) is 12.1 Å². The molecule has 2 aromatic heterocycles. The molecule has 7 heteroatoms. The van der Waals surface area contributed by atoms with E-state index in [1.165, 1.54) is 19.2 Å². The summed E-state index contributed by atoms with van der Waals surface area (Å²) in [5.74, 6) is 0.280. The summed E-state index contributed by atoms with van der Waals surface area (Å²) in [7, 11) is 0. The van der Waals surface area contributed by atoms with Crippen LogP contribution in [0.1, 0.15) is 24.3 Å². The lowest BCUT2D eigenvalue weighted by Crippen LogP contribution is -2.10. The Labute approximate surface area is 148 Å². The minimum atomic E-state index is -2.88. The molecule has 1 aromatic carbocycles. The highest BCUT2D eigenvalue weighted by Crippen LogP contribution is 2.29. The molecular formula is C19H17F2N3O2. The highest BCUT2D eigenvalue weighted by molar-refractivity contribution is 5.92. The largest absolute Gasteiger partial charge is 0.381 e. The average Bonchev–Trinajstić information content (AvgIpc) is 2.60. The molecule has 2 N–H and O–H groups in total. The quantitative estimate of drug-likeness (QED) is 0.743. The molecule has 0 saturated carbocycles. The number of rotatable bonds is 4. The Hall–Kier alpha value is -2.93. The smallest absolute Gasteiger partial charge is 0.269 e. The Kier molecular flexibility index (Phi) is 4.90. The van der Waals surface area contributed by atoms with Gasteiger partial charge in [-0.05, 0) is 41.6 Å². The number of carbonyl (C=O) groups excluding carboxylic acids is 1. The molecule has 0 aliphatic rings. The minimum absolute atomic E-state index is 0.0522. The summed E-state index contributed by atoms with van der Waals surface area (Å²) >= 11 is 0. The number of aliphatic hydroxyl groups is 1. The van der Waals surface area contributed by atoms with Crippen LogP contribution in [0.15, 0.2) is 42.7 Å². The van der Waals surface area contributed by atoms with E-state index in [0.717, 1.165) is 27.5 Å². The molecule has 2 heterocycles. The van der Waals surface area contributed by atoms with Gasteiger partial charge in [0.25, 0.3) is 6.43 Å². The Balaban J connectivity index is 1.96. The normalized spacial score (nSPS) is 12.4. The lowest BCUT2D eigenvalue weighted by atomic mass is 9.99. The van der Waals surface area contributed by atoms with Gasteiger partial charge >= 0.3 is 0 Å². The summed E-state index contributed by atoms with van der Waals surface area (Å²) in [6, 6.07) is 8.92. The maximum atomic E-state index is 12.6. The number of aliphatic hydroxyl groups excluding tert-OH is 1. The monoisotopic (exact) mass is 357 g/mol. The molecule has 0 radical (unpaired) electrons. The number of alkyl halides is 2. The molecule has 3 aromatic rings. The topological polar surface area (TPSA) is 75.1 Å². The zero-order valence-electron chi connectivity index (χ0n) is 14.2. The number of hydrogen-bond acceptors (Lipinski definition) is 4. The summed E-state index contributed by atoms with van der Waals surface area (Å²) in [4.78, 5) is 19.3. The van der Waals surface area contributed by atoms with E-state index in [0.29, 0.717) is 5.82 Å². The van der Waals surface area contributed by atoms with E-state index in [1.807, 2.05) is 18.2 Å². The van der Waals surface area contributed by atoms with Crippen LogP contribution < -0.4 is 5.32 Å². The fraction of sp³-hybridized carbons (Fsp3) is 0.211. The van der Waals surface area contributed by atoms with Gasteiger partial charge in [0.2, 0.25) is 5.91 Å². The van der Waals surface area contributed by atoms with E-state index >= 15 is 0 Å². The number of fused-ring (bicyclic) bond motifs is 1. The van der Waals surface area contributed by atoms with Gasteiger partial charge in [0.05, 0.1) is 5.69 Å². The fourth-order valence-electron chi connectivity index (χ4n) is 2.73. The Morgan fingerprint density at radius 3 is 2.54 bits per heavy atom. The van der Waals surface area contributed by atoms with E-state index in [1.54, 1.807) is 19.2 Å². The first kappa shape index (κ1) is 17.9. The molecule has 0 aliphatic carbocycles. The third-order valence-corrected chi connectivity index (χ3v) is 4.01. The summed E-state index contributed by atoms with van der Waals surface area (Å²) in [6.45, 7) is 3.19. The molecule has 0 saturated heterocycles. The molecule has 1 atom stereocenters. The zero-order valence-corrected chi connectivity index (χ0v) is 14.2. The second kappa shape index (κ2) is 7.13. The number of pyridine rings is 2. The number of anilines is 1. The molecule has 3 rings (SSSR count). The number of hydrogen-bond donors (Lipinski definition) is 2. The van der Waals surface area contributed by atoms with Crippen molar-refractivity contribution in [1.29, 1.82) is 0 Å². The van der Waals surface area contributed by atoms with Crippen molar-refractivity contribution in [1.82, 2.24) is 9.97 Å². The van der Waals surface area contributed by atoms with Crippen molar-refractivity contribution in [3.05, 3.63) is 54.0 Å². The van der Waals surface area contributed by atoms with Crippen molar-refractivity contribution in [3.63, 3.8) is 0 Å². The fourth-order valence-corrected chi connectivity index (χ4v) is 2.73. The standard InChI is InChI=1S/C19H17F2N3O2/c1-10-5-16(18(26)19(20)21)22-9-15(10)13-4-3-12-7-17(24-11(2)25)23-8-14(12)6-13/h3-9,18-19,26H,1-2H3,(H,23,24,25). The summed E-state index contributed by atoms with van der Waals surface area (Å²) in [5.41, 5.74) is 2.32. The first-order valence-electron chi connectivity index (χ1n) is 7.95. The molecule has 1 unspecified atom stereocenters. The number of benzene rings is 1. The highest BCUT2D eigenvalue weighted by Gasteiger charge is 2.21. The van der Waals surface area contributed by atoms with Gasteiger partial charge < -0.3 is 10.4 Å². The van der Waals surface area contributed by atoms with Gasteiger partial charge in [-0.2, -0.15) is 0 Å². The maximum absolute atomic E-state index is 12.6. The van der Waals surface area contributed by atoms with Crippen molar-refractivity contribution in [2.75, 3.05) is 5.32 Å². The highest BCUT2D eigenvalue weighted by atomic mass is 19.3. The Bertz CT molecular complexity index is 976. The summed E-state index contributed by atoms with van der Waals surface area (Å²) in [5, 5.41) is 13.9. The van der Waals surface area contributed by atoms with E-state index in [4.69, 9.17) is 0 Å². The van der Waals surface area contributed by atoms with Crippen LogP contribution in [0.4, 0.5) is 14.6 Å². The van der Waals surface area contributed by atoms with Crippen LogP contribution in [0.25, 0.3) is 21.9 Å². The van der Waals surface area contributed by atoms with E-state index in [-0.39, 0.29) is 11.6 Å². The second-order valence-corrected chi connectivity index (χ2v) is 6.02. The molecule has 0 bridgehead atoms. The number of aromatic nitrogens is 2. The lowest BCUT2D eigenvalue weighted by molar-refractivity contribution is -0.114. The van der Waals surface area contributed by atoms with Gasteiger partial charge in [-0.25, -0.2) is 13.8 Å². The third-order valence-electron chi connectivity index (χ3n) is 4.01. The van der Waals surface area contributed by atoms with E-state index in [9.17, 15) is 18.7 Å². The number of amides is 1. The Morgan fingerprint density at radius 1 is 1.12 bits per heavy atom. The van der Waals surface area contributed by atoms with Crippen LogP contribution in [-0.4, -0.2) is 27.4 Å². The van der Waals surface area contributed by atoms with Crippen molar-refractivity contribution >= 4 is 22.5 Å².